The van der Waals surface area contributed by atoms with Gasteiger partial charge in [0.1, 0.15) is 11.4 Å². The average Bonchev–Trinajstić information content (AvgIpc) is 2.97. The highest BCUT2D eigenvalue weighted by Crippen LogP contribution is 2.19. The highest BCUT2D eigenvalue weighted by atomic mass is 16.5. The molecule has 0 bridgehead atoms. The second-order valence-electron chi connectivity index (χ2n) is 5.18. The van der Waals surface area contributed by atoms with Crippen LogP contribution in [0.3, 0.4) is 0 Å². The van der Waals surface area contributed by atoms with Gasteiger partial charge in [-0.15, -0.1) is 0 Å². The molecule has 1 aromatic carbocycles. The predicted octanol–water partition coefficient (Wildman–Crippen LogP) is 2.51. The zero-order valence-electron chi connectivity index (χ0n) is 13.0. The summed E-state index contributed by atoms with van der Waals surface area (Å²) in [7, 11) is 1.63. The van der Waals surface area contributed by atoms with Crippen LogP contribution in [0.25, 0.3) is 0 Å². The first-order valence-corrected chi connectivity index (χ1v) is 7.12. The molecule has 2 aromatic rings. The summed E-state index contributed by atoms with van der Waals surface area (Å²) in [6, 6.07) is 7.53. The van der Waals surface area contributed by atoms with Gasteiger partial charge in [-0.1, -0.05) is 17.7 Å². The number of carbonyl (C=O) groups is 2. The zero-order valence-corrected chi connectivity index (χ0v) is 13.0. The third-order valence-corrected chi connectivity index (χ3v) is 3.45. The molecule has 1 amide bonds. The Bertz CT molecular complexity index is 689. The summed E-state index contributed by atoms with van der Waals surface area (Å²) in [5.41, 5.74) is 3.10. The van der Waals surface area contributed by atoms with E-state index in [1.165, 1.54) is 6.92 Å². The van der Waals surface area contributed by atoms with Crippen molar-refractivity contribution >= 4 is 11.7 Å². The van der Waals surface area contributed by atoms with Gasteiger partial charge < -0.3 is 15.0 Å². The summed E-state index contributed by atoms with van der Waals surface area (Å²) in [4.78, 5) is 26.0. The van der Waals surface area contributed by atoms with Gasteiger partial charge >= 0.3 is 0 Å². The number of benzene rings is 1. The Morgan fingerprint density at radius 2 is 2.05 bits per heavy atom. The van der Waals surface area contributed by atoms with E-state index < -0.39 is 0 Å². The van der Waals surface area contributed by atoms with Crippen LogP contribution in [-0.2, 0) is 6.42 Å². The van der Waals surface area contributed by atoms with Crippen molar-refractivity contribution in [1.82, 2.24) is 10.3 Å². The van der Waals surface area contributed by atoms with Gasteiger partial charge in [0.05, 0.1) is 7.11 Å². The zero-order chi connectivity index (χ0) is 16.1. The summed E-state index contributed by atoms with van der Waals surface area (Å²) in [6.07, 6.45) is 2.22. The van der Waals surface area contributed by atoms with Crippen molar-refractivity contribution in [1.29, 1.82) is 0 Å². The molecule has 0 aliphatic rings. The van der Waals surface area contributed by atoms with Crippen LogP contribution in [0.1, 0.15) is 38.9 Å². The van der Waals surface area contributed by atoms with Crippen molar-refractivity contribution in [3.05, 3.63) is 52.8 Å². The number of ether oxygens (including phenoxy) is 1. The van der Waals surface area contributed by atoms with Gasteiger partial charge in [0.25, 0.3) is 5.91 Å². The second kappa shape index (κ2) is 6.93. The van der Waals surface area contributed by atoms with Gasteiger partial charge in [0, 0.05) is 18.3 Å². The number of hydrogen-bond acceptors (Lipinski definition) is 3. The maximum absolute atomic E-state index is 12.0. The molecule has 5 nitrogen and oxygen atoms in total. The molecule has 0 saturated heterocycles. The van der Waals surface area contributed by atoms with Crippen LogP contribution >= 0.6 is 0 Å². The molecule has 0 saturated carbocycles. The number of H-pyrrole nitrogens is 1. The van der Waals surface area contributed by atoms with E-state index in [1.807, 2.05) is 25.1 Å². The first-order chi connectivity index (χ1) is 10.5. The molecule has 22 heavy (non-hydrogen) atoms. The molecule has 116 valence electrons. The lowest BCUT2D eigenvalue weighted by Gasteiger charge is -2.10. The number of aryl methyl sites for hydroxylation is 1. The summed E-state index contributed by atoms with van der Waals surface area (Å²) < 4.78 is 5.32. The Labute approximate surface area is 129 Å². The summed E-state index contributed by atoms with van der Waals surface area (Å²) >= 11 is 0. The quantitative estimate of drug-likeness (QED) is 0.805. The number of Topliss-reactive ketones (excluding diaryl/α,β-unsaturated/α-hetero) is 1. The van der Waals surface area contributed by atoms with Crippen molar-refractivity contribution < 1.29 is 14.3 Å². The molecule has 0 spiro atoms. The minimum absolute atomic E-state index is 0.0696. The maximum Gasteiger partial charge on any atom is 0.267 e. The van der Waals surface area contributed by atoms with E-state index in [2.05, 4.69) is 10.3 Å². The van der Waals surface area contributed by atoms with Gasteiger partial charge in [-0.25, -0.2) is 0 Å². The van der Waals surface area contributed by atoms with Crippen LogP contribution in [-0.4, -0.2) is 30.3 Å². The molecular weight excluding hydrogens is 280 g/mol. The van der Waals surface area contributed by atoms with Crippen LogP contribution < -0.4 is 10.1 Å². The maximum atomic E-state index is 12.0. The SMILES string of the molecule is COc1ccc(C)cc1CCNC(=O)c1cc(C(C)=O)c[nH]1. The molecule has 1 aromatic heterocycles. The molecule has 1 heterocycles. The molecular formula is C17H20N2O3. The summed E-state index contributed by atoms with van der Waals surface area (Å²) in [6.45, 7) is 3.98. The number of nitrogens with one attached hydrogen (secondary N) is 2. The Morgan fingerprint density at radius 3 is 2.68 bits per heavy atom. The smallest absolute Gasteiger partial charge is 0.267 e. The molecule has 0 aliphatic carbocycles. The number of rotatable bonds is 6. The number of aromatic nitrogens is 1. The lowest BCUT2D eigenvalue weighted by atomic mass is 10.1. The highest BCUT2D eigenvalue weighted by Gasteiger charge is 2.10. The molecule has 2 N–H and O–H groups in total. The summed E-state index contributed by atoms with van der Waals surface area (Å²) in [5.74, 6) is 0.525. The van der Waals surface area contributed by atoms with Gasteiger partial charge in [0.15, 0.2) is 5.78 Å². The fraction of sp³-hybridized carbons (Fsp3) is 0.294. The molecule has 0 aliphatic heterocycles. The van der Waals surface area contributed by atoms with Crippen LogP contribution in [0.15, 0.2) is 30.5 Å². The topological polar surface area (TPSA) is 71.2 Å². The van der Waals surface area contributed by atoms with Gasteiger partial charge in [-0.3, -0.25) is 9.59 Å². The number of methoxy groups -OCH3 is 1. The van der Waals surface area contributed by atoms with Crippen molar-refractivity contribution in [2.75, 3.05) is 13.7 Å². The van der Waals surface area contributed by atoms with E-state index in [0.717, 1.165) is 16.9 Å². The lowest BCUT2D eigenvalue weighted by Crippen LogP contribution is -2.26. The van der Waals surface area contributed by atoms with Crippen molar-refractivity contribution in [2.45, 2.75) is 20.3 Å². The number of ketones is 1. The third-order valence-electron chi connectivity index (χ3n) is 3.45. The Kier molecular flexibility index (Phi) is 4.99. The average molecular weight is 300 g/mol. The van der Waals surface area contributed by atoms with E-state index in [4.69, 9.17) is 4.74 Å². The fourth-order valence-corrected chi connectivity index (χ4v) is 2.24. The number of hydrogen-bond donors (Lipinski definition) is 2. The first-order valence-electron chi connectivity index (χ1n) is 7.12. The molecule has 2 rings (SSSR count). The Hall–Kier alpha value is -2.56. The largest absolute Gasteiger partial charge is 0.496 e. The van der Waals surface area contributed by atoms with Crippen molar-refractivity contribution in [3.63, 3.8) is 0 Å². The number of carbonyl (C=O) groups excluding carboxylic acids is 2. The lowest BCUT2D eigenvalue weighted by molar-refractivity contribution is 0.0949. The van der Waals surface area contributed by atoms with Gasteiger partial charge in [-0.05, 0) is 38.0 Å². The molecule has 0 fully saturated rings. The minimum atomic E-state index is -0.223. The Balaban J connectivity index is 1.94. The van der Waals surface area contributed by atoms with E-state index >= 15 is 0 Å². The predicted molar refractivity (Wildman–Crippen MR) is 84.6 cm³/mol. The normalized spacial score (nSPS) is 10.3. The monoisotopic (exact) mass is 300 g/mol. The van der Waals surface area contributed by atoms with Crippen LogP contribution in [0.5, 0.6) is 5.75 Å². The number of aromatic amines is 1. The van der Waals surface area contributed by atoms with E-state index in [0.29, 0.717) is 24.2 Å². The molecule has 5 heteroatoms. The molecule has 0 unspecified atom stereocenters. The Morgan fingerprint density at radius 1 is 1.27 bits per heavy atom. The highest BCUT2D eigenvalue weighted by molar-refractivity contribution is 5.99. The van der Waals surface area contributed by atoms with E-state index in [1.54, 1.807) is 19.4 Å². The van der Waals surface area contributed by atoms with E-state index in [9.17, 15) is 9.59 Å². The van der Waals surface area contributed by atoms with Crippen LogP contribution in [0.2, 0.25) is 0 Å². The van der Waals surface area contributed by atoms with Crippen molar-refractivity contribution in [2.24, 2.45) is 0 Å². The van der Waals surface area contributed by atoms with Gasteiger partial charge in [0.2, 0.25) is 0 Å². The van der Waals surface area contributed by atoms with Crippen LogP contribution in [0.4, 0.5) is 0 Å². The molecule has 0 radical (unpaired) electrons. The standard InChI is InChI=1S/C17H20N2O3/c1-11-4-5-16(22-3)13(8-11)6-7-18-17(21)15-9-14(10-19-15)12(2)20/h4-5,8-10,19H,6-7H2,1-3H3,(H,18,21). The number of amides is 1. The van der Waals surface area contributed by atoms with E-state index in [-0.39, 0.29) is 11.7 Å². The minimum Gasteiger partial charge on any atom is -0.496 e. The van der Waals surface area contributed by atoms with Crippen LogP contribution in [0, 0.1) is 6.92 Å². The van der Waals surface area contributed by atoms with Gasteiger partial charge in [-0.2, -0.15) is 0 Å². The summed E-state index contributed by atoms with van der Waals surface area (Å²) in [5, 5.41) is 2.83. The fourth-order valence-electron chi connectivity index (χ4n) is 2.24. The first kappa shape index (κ1) is 15.8. The third kappa shape index (κ3) is 3.75. The second-order valence-corrected chi connectivity index (χ2v) is 5.18. The van der Waals surface area contributed by atoms with Crippen molar-refractivity contribution in [3.8, 4) is 5.75 Å². The molecule has 0 atom stereocenters.